The first-order valence-corrected chi connectivity index (χ1v) is 5.95. The van der Waals surface area contributed by atoms with Crippen molar-refractivity contribution in [3.63, 3.8) is 0 Å². The molecule has 0 fully saturated rings. The van der Waals surface area contributed by atoms with E-state index in [1.54, 1.807) is 11.8 Å². The maximum atomic E-state index is 8.54. The third-order valence-electron chi connectivity index (χ3n) is 2.21. The van der Waals surface area contributed by atoms with Crippen molar-refractivity contribution in [2.45, 2.75) is 38.0 Å². The van der Waals surface area contributed by atoms with Crippen LogP contribution in [-0.4, -0.2) is 34.6 Å². The van der Waals surface area contributed by atoms with E-state index in [-0.39, 0.29) is 16.6 Å². The average molecular weight is 219 g/mol. The molecule has 1 unspecified atom stereocenters. The lowest BCUT2D eigenvalue weighted by molar-refractivity contribution is 0.314. The summed E-state index contributed by atoms with van der Waals surface area (Å²) >= 11 is 1.79. The SMILES string of the molecule is CCC(NCC(C)(C)SC)C(N)=NO. The standard InChI is InChI=1S/C9H21N3OS/c1-5-7(8(10)12-13)11-6-9(2,3)14-4/h7,11,13H,5-6H2,1-4H3,(H2,10,12). The highest BCUT2D eigenvalue weighted by atomic mass is 32.2. The van der Waals surface area contributed by atoms with E-state index in [0.717, 1.165) is 13.0 Å². The van der Waals surface area contributed by atoms with Crippen molar-refractivity contribution in [3.05, 3.63) is 0 Å². The highest BCUT2D eigenvalue weighted by molar-refractivity contribution is 7.99. The number of thioether (sulfide) groups is 1. The molecule has 1 atom stereocenters. The van der Waals surface area contributed by atoms with Gasteiger partial charge in [-0.3, -0.25) is 0 Å². The van der Waals surface area contributed by atoms with E-state index in [0.29, 0.717) is 0 Å². The number of rotatable bonds is 6. The summed E-state index contributed by atoms with van der Waals surface area (Å²) in [6.45, 7) is 7.15. The molecule has 0 aromatic heterocycles. The number of amidine groups is 1. The molecule has 0 aliphatic heterocycles. The Labute approximate surface area is 90.3 Å². The molecule has 0 heterocycles. The van der Waals surface area contributed by atoms with Gasteiger partial charge in [-0.1, -0.05) is 12.1 Å². The molecule has 0 aromatic carbocycles. The summed E-state index contributed by atoms with van der Waals surface area (Å²) in [5.74, 6) is 0.254. The summed E-state index contributed by atoms with van der Waals surface area (Å²) in [4.78, 5) is 0. The van der Waals surface area contributed by atoms with Crippen molar-refractivity contribution in [2.24, 2.45) is 10.9 Å². The molecule has 4 N–H and O–H groups in total. The molecule has 0 aliphatic rings. The van der Waals surface area contributed by atoms with Crippen LogP contribution in [0.3, 0.4) is 0 Å². The Morgan fingerprint density at radius 3 is 2.57 bits per heavy atom. The number of hydrogen-bond acceptors (Lipinski definition) is 4. The first-order chi connectivity index (χ1) is 6.46. The lowest BCUT2D eigenvalue weighted by atomic mass is 10.1. The highest BCUT2D eigenvalue weighted by Gasteiger charge is 2.19. The van der Waals surface area contributed by atoms with Crippen LogP contribution in [0.15, 0.2) is 5.16 Å². The Balaban J connectivity index is 4.09. The number of nitrogens with zero attached hydrogens (tertiary/aromatic N) is 1. The molecule has 0 aliphatic carbocycles. The summed E-state index contributed by atoms with van der Waals surface area (Å²) in [6, 6.07) is -0.0357. The van der Waals surface area contributed by atoms with Crippen LogP contribution in [0.1, 0.15) is 27.2 Å². The maximum absolute atomic E-state index is 8.54. The number of oxime groups is 1. The minimum absolute atomic E-state index is 0.0357. The van der Waals surface area contributed by atoms with Crippen molar-refractivity contribution in [1.29, 1.82) is 0 Å². The lowest BCUT2D eigenvalue weighted by Crippen LogP contribution is -2.45. The zero-order chi connectivity index (χ0) is 11.2. The molecule has 4 nitrogen and oxygen atoms in total. The zero-order valence-corrected chi connectivity index (χ0v) is 10.2. The van der Waals surface area contributed by atoms with Crippen LogP contribution in [0.4, 0.5) is 0 Å². The Morgan fingerprint density at radius 2 is 2.21 bits per heavy atom. The van der Waals surface area contributed by atoms with Crippen molar-refractivity contribution < 1.29 is 5.21 Å². The molecular formula is C9H21N3OS. The minimum Gasteiger partial charge on any atom is -0.409 e. The summed E-state index contributed by atoms with van der Waals surface area (Å²) in [7, 11) is 0. The molecular weight excluding hydrogens is 198 g/mol. The third-order valence-corrected chi connectivity index (χ3v) is 3.46. The monoisotopic (exact) mass is 219 g/mol. The Bertz CT molecular complexity index is 194. The highest BCUT2D eigenvalue weighted by Crippen LogP contribution is 2.19. The fourth-order valence-electron chi connectivity index (χ4n) is 0.969. The van der Waals surface area contributed by atoms with Crippen LogP contribution in [0.25, 0.3) is 0 Å². The van der Waals surface area contributed by atoms with Gasteiger partial charge in [0.2, 0.25) is 0 Å². The Morgan fingerprint density at radius 1 is 1.64 bits per heavy atom. The van der Waals surface area contributed by atoms with Crippen molar-refractivity contribution in [3.8, 4) is 0 Å². The fourth-order valence-corrected chi connectivity index (χ4v) is 1.20. The number of nitrogens with two attached hydrogens (primary N) is 1. The molecule has 5 heteroatoms. The van der Waals surface area contributed by atoms with E-state index in [1.807, 2.05) is 6.92 Å². The summed E-state index contributed by atoms with van der Waals surface area (Å²) < 4.78 is 0.170. The van der Waals surface area contributed by atoms with Crippen molar-refractivity contribution in [1.82, 2.24) is 5.32 Å². The summed E-state index contributed by atoms with van der Waals surface area (Å²) in [6.07, 6.45) is 2.90. The predicted octanol–water partition coefficient (Wildman–Crippen LogP) is 1.24. The molecule has 0 saturated carbocycles. The quantitative estimate of drug-likeness (QED) is 0.272. The maximum Gasteiger partial charge on any atom is 0.156 e. The molecule has 0 aromatic rings. The zero-order valence-electron chi connectivity index (χ0n) is 9.37. The minimum atomic E-state index is -0.0357. The van der Waals surface area contributed by atoms with E-state index in [1.165, 1.54) is 0 Å². The van der Waals surface area contributed by atoms with Crippen LogP contribution in [0.2, 0.25) is 0 Å². The van der Waals surface area contributed by atoms with Crippen LogP contribution in [0.5, 0.6) is 0 Å². The van der Waals surface area contributed by atoms with Gasteiger partial charge in [0.15, 0.2) is 5.84 Å². The molecule has 0 amide bonds. The van der Waals surface area contributed by atoms with Crippen LogP contribution in [0, 0.1) is 0 Å². The van der Waals surface area contributed by atoms with Gasteiger partial charge in [-0.05, 0) is 26.5 Å². The second kappa shape index (κ2) is 6.14. The van der Waals surface area contributed by atoms with Gasteiger partial charge in [0, 0.05) is 11.3 Å². The molecule has 0 radical (unpaired) electrons. The van der Waals surface area contributed by atoms with E-state index < -0.39 is 0 Å². The molecule has 0 bridgehead atoms. The average Bonchev–Trinajstić information content (AvgIpc) is 2.18. The molecule has 0 saturated heterocycles. The van der Waals surface area contributed by atoms with E-state index in [4.69, 9.17) is 10.9 Å². The van der Waals surface area contributed by atoms with E-state index in [9.17, 15) is 0 Å². The lowest BCUT2D eigenvalue weighted by Gasteiger charge is -2.25. The normalized spacial score (nSPS) is 15.6. The summed E-state index contributed by atoms with van der Waals surface area (Å²) in [5, 5.41) is 14.8. The van der Waals surface area contributed by atoms with Gasteiger partial charge in [0.1, 0.15) is 0 Å². The van der Waals surface area contributed by atoms with Gasteiger partial charge in [0.25, 0.3) is 0 Å². The Hall–Kier alpha value is -0.420. The first kappa shape index (κ1) is 13.6. The van der Waals surface area contributed by atoms with Crippen LogP contribution in [-0.2, 0) is 0 Å². The number of nitrogens with one attached hydrogen (secondary N) is 1. The largest absolute Gasteiger partial charge is 0.409 e. The van der Waals surface area contributed by atoms with Gasteiger partial charge < -0.3 is 16.3 Å². The van der Waals surface area contributed by atoms with Crippen molar-refractivity contribution in [2.75, 3.05) is 12.8 Å². The third kappa shape index (κ3) is 4.72. The first-order valence-electron chi connectivity index (χ1n) is 4.72. The van der Waals surface area contributed by atoms with Crippen molar-refractivity contribution >= 4 is 17.6 Å². The second-order valence-corrected chi connectivity index (χ2v) is 5.34. The molecule has 0 rings (SSSR count). The number of hydrogen-bond donors (Lipinski definition) is 3. The second-order valence-electron chi connectivity index (χ2n) is 3.83. The molecule has 14 heavy (non-hydrogen) atoms. The predicted molar refractivity (Wildman–Crippen MR) is 63.1 cm³/mol. The smallest absolute Gasteiger partial charge is 0.156 e. The molecule has 0 spiro atoms. The topological polar surface area (TPSA) is 70.6 Å². The van der Waals surface area contributed by atoms with Gasteiger partial charge in [0.05, 0.1) is 6.04 Å². The van der Waals surface area contributed by atoms with E-state index in [2.05, 4.69) is 30.6 Å². The van der Waals surface area contributed by atoms with Gasteiger partial charge in [-0.25, -0.2) is 0 Å². The van der Waals surface area contributed by atoms with Crippen LogP contribution < -0.4 is 11.1 Å². The van der Waals surface area contributed by atoms with Crippen LogP contribution >= 0.6 is 11.8 Å². The van der Waals surface area contributed by atoms with Gasteiger partial charge in [-0.15, -0.1) is 0 Å². The van der Waals surface area contributed by atoms with E-state index >= 15 is 0 Å². The molecule has 84 valence electrons. The van der Waals surface area contributed by atoms with Gasteiger partial charge >= 0.3 is 0 Å². The van der Waals surface area contributed by atoms with Gasteiger partial charge in [-0.2, -0.15) is 11.8 Å². The fraction of sp³-hybridized carbons (Fsp3) is 0.889. The summed E-state index contributed by atoms with van der Waals surface area (Å²) in [5.41, 5.74) is 5.53. The Kier molecular flexibility index (Phi) is 5.95.